The fourth-order valence-electron chi connectivity index (χ4n) is 3.53. The minimum atomic E-state index is -0.415. The first-order valence-corrected chi connectivity index (χ1v) is 8.65. The number of benzene rings is 1. The fraction of sp³-hybridized carbons (Fsp3) is 0.588. The summed E-state index contributed by atoms with van der Waals surface area (Å²) in [6, 6.07) is 8.56. The Kier molecular flexibility index (Phi) is 4.65. The van der Waals surface area contributed by atoms with Gasteiger partial charge in [-0.25, -0.2) is 0 Å². The van der Waals surface area contributed by atoms with Crippen LogP contribution < -0.4 is 5.32 Å². The van der Waals surface area contributed by atoms with Crippen molar-refractivity contribution in [3.8, 4) is 0 Å². The summed E-state index contributed by atoms with van der Waals surface area (Å²) in [6.07, 6.45) is 6.26. The average molecular weight is 352 g/mol. The monoisotopic (exact) mass is 351 g/mol. The van der Waals surface area contributed by atoms with Gasteiger partial charge in [0.1, 0.15) is 0 Å². The first-order valence-electron chi connectivity index (χ1n) is 7.85. The number of nitrogens with one attached hydrogen (secondary N) is 1. The summed E-state index contributed by atoms with van der Waals surface area (Å²) in [5.74, 6) is 0.194. The Hall–Kier alpha value is -0.870. The Balaban J connectivity index is 1.84. The number of carbonyl (C=O) groups is 1. The maximum Gasteiger partial charge on any atom is 0.231 e. The number of halogens is 1. The van der Waals surface area contributed by atoms with Crippen molar-refractivity contribution in [1.29, 1.82) is 0 Å². The van der Waals surface area contributed by atoms with Crippen molar-refractivity contribution in [2.24, 2.45) is 0 Å². The van der Waals surface area contributed by atoms with Gasteiger partial charge in [-0.15, -0.1) is 0 Å². The van der Waals surface area contributed by atoms with Gasteiger partial charge in [-0.05, 0) is 43.4 Å². The van der Waals surface area contributed by atoms with Gasteiger partial charge >= 0.3 is 0 Å². The van der Waals surface area contributed by atoms with E-state index >= 15 is 0 Å². The van der Waals surface area contributed by atoms with Gasteiger partial charge in [-0.3, -0.25) is 4.79 Å². The smallest absolute Gasteiger partial charge is 0.231 e. The lowest BCUT2D eigenvalue weighted by molar-refractivity contribution is -0.131. The van der Waals surface area contributed by atoms with Gasteiger partial charge in [0.15, 0.2) is 0 Å². The van der Waals surface area contributed by atoms with Crippen LogP contribution in [0.1, 0.15) is 44.1 Å². The van der Waals surface area contributed by atoms with Gasteiger partial charge < -0.3 is 10.1 Å². The Morgan fingerprint density at radius 1 is 1.14 bits per heavy atom. The molecule has 0 unspecified atom stereocenters. The first-order chi connectivity index (χ1) is 10.2. The molecule has 1 amide bonds. The summed E-state index contributed by atoms with van der Waals surface area (Å²) >= 11 is 3.47. The van der Waals surface area contributed by atoms with E-state index in [0.29, 0.717) is 19.3 Å². The first kappa shape index (κ1) is 15.0. The molecule has 0 aromatic heterocycles. The minimum absolute atomic E-state index is 0.194. The second-order valence-electron chi connectivity index (χ2n) is 6.16. The third-order valence-electron chi connectivity index (χ3n) is 4.87. The topological polar surface area (TPSA) is 38.3 Å². The number of amides is 1. The second-order valence-corrected chi connectivity index (χ2v) is 7.07. The molecule has 1 aromatic rings. The molecule has 0 spiro atoms. The van der Waals surface area contributed by atoms with Crippen molar-refractivity contribution >= 4 is 21.8 Å². The molecule has 1 aliphatic heterocycles. The van der Waals surface area contributed by atoms with Crippen molar-refractivity contribution in [2.45, 2.75) is 50.0 Å². The van der Waals surface area contributed by atoms with Crippen LogP contribution in [0.3, 0.4) is 0 Å². The van der Waals surface area contributed by atoms with E-state index in [-0.39, 0.29) is 5.91 Å². The number of hydrogen-bond acceptors (Lipinski definition) is 2. The summed E-state index contributed by atoms with van der Waals surface area (Å²) in [5.41, 5.74) is 0.700. The van der Waals surface area contributed by atoms with Crippen LogP contribution in [-0.4, -0.2) is 25.2 Å². The highest BCUT2D eigenvalue weighted by Gasteiger charge is 2.42. The Bertz CT molecular complexity index is 488. The summed E-state index contributed by atoms with van der Waals surface area (Å²) in [5, 5.41) is 3.30. The zero-order valence-corrected chi connectivity index (χ0v) is 13.8. The molecule has 3 nitrogen and oxygen atoms in total. The quantitative estimate of drug-likeness (QED) is 0.903. The van der Waals surface area contributed by atoms with E-state index in [4.69, 9.17) is 4.74 Å². The molecular weight excluding hydrogens is 330 g/mol. The zero-order valence-electron chi connectivity index (χ0n) is 12.2. The second kappa shape index (κ2) is 6.49. The van der Waals surface area contributed by atoms with E-state index in [1.54, 1.807) is 0 Å². The number of ether oxygens (including phenoxy) is 1. The van der Waals surface area contributed by atoms with E-state index < -0.39 is 5.41 Å². The van der Waals surface area contributed by atoms with Crippen molar-refractivity contribution in [2.75, 3.05) is 13.2 Å². The Morgan fingerprint density at radius 2 is 1.76 bits per heavy atom. The third-order valence-corrected chi connectivity index (χ3v) is 5.40. The summed E-state index contributed by atoms with van der Waals surface area (Å²) in [4.78, 5) is 13.0. The van der Waals surface area contributed by atoms with Gasteiger partial charge in [-0.1, -0.05) is 40.9 Å². The third kappa shape index (κ3) is 3.16. The van der Waals surface area contributed by atoms with Crippen LogP contribution in [-0.2, 0) is 14.9 Å². The van der Waals surface area contributed by atoms with E-state index in [9.17, 15) is 4.79 Å². The van der Waals surface area contributed by atoms with E-state index in [0.717, 1.165) is 35.7 Å². The van der Waals surface area contributed by atoms with Crippen LogP contribution in [0.5, 0.6) is 0 Å². The van der Waals surface area contributed by atoms with Gasteiger partial charge in [0.05, 0.1) is 5.41 Å². The fourth-order valence-corrected chi connectivity index (χ4v) is 3.79. The molecule has 0 atom stereocenters. The maximum absolute atomic E-state index is 13.0. The molecule has 0 radical (unpaired) electrons. The standard InChI is InChI=1S/C17H22BrNO2/c18-14-7-5-13(6-8-14)17(9-11-21-12-10-17)16(20)19-15-3-1-2-4-15/h5-8,15H,1-4,9-12H2,(H,19,20). The van der Waals surface area contributed by atoms with Crippen LogP contribution >= 0.6 is 15.9 Å². The summed E-state index contributed by atoms with van der Waals surface area (Å²) in [7, 11) is 0. The van der Waals surface area contributed by atoms with Crippen molar-refractivity contribution in [1.82, 2.24) is 5.32 Å². The number of carbonyl (C=O) groups excluding carboxylic acids is 1. The summed E-state index contributed by atoms with van der Waals surface area (Å²) in [6.45, 7) is 1.32. The minimum Gasteiger partial charge on any atom is -0.381 e. The molecule has 21 heavy (non-hydrogen) atoms. The Labute approximate surface area is 134 Å². The molecule has 2 aliphatic rings. The van der Waals surface area contributed by atoms with Crippen LogP contribution in [0.4, 0.5) is 0 Å². The van der Waals surface area contributed by atoms with E-state index in [2.05, 4.69) is 33.4 Å². The van der Waals surface area contributed by atoms with E-state index in [1.165, 1.54) is 12.8 Å². The molecule has 1 saturated carbocycles. The predicted molar refractivity (Wildman–Crippen MR) is 86.3 cm³/mol. The van der Waals surface area contributed by atoms with Crippen LogP contribution in [0.25, 0.3) is 0 Å². The predicted octanol–water partition coefficient (Wildman–Crippen LogP) is 3.56. The van der Waals surface area contributed by atoms with Crippen LogP contribution in [0.15, 0.2) is 28.7 Å². The maximum atomic E-state index is 13.0. The van der Waals surface area contributed by atoms with Crippen molar-refractivity contribution < 1.29 is 9.53 Å². The SMILES string of the molecule is O=C(NC1CCCC1)C1(c2ccc(Br)cc2)CCOCC1. The number of hydrogen-bond donors (Lipinski definition) is 1. The molecule has 3 rings (SSSR count). The average Bonchev–Trinajstić information content (AvgIpc) is 3.01. The largest absolute Gasteiger partial charge is 0.381 e. The molecule has 0 bridgehead atoms. The van der Waals surface area contributed by atoms with Gasteiger partial charge in [-0.2, -0.15) is 0 Å². The lowest BCUT2D eigenvalue weighted by Gasteiger charge is -2.37. The molecule has 114 valence electrons. The highest BCUT2D eigenvalue weighted by molar-refractivity contribution is 9.10. The normalized spacial score (nSPS) is 22.1. The van der Waals surface area contributed by atoms with Crippen LogP contribution in [0, 0.1) is 0 Å². The van der Waals surface area contributed by atoms with Crippen molar-refractivity contribution in [3.05, 3.63) is 34.3 Å². The van der Waals surface area contributed by atoms with Crippen LogP contribution in [0.2, 0.25) is 0 Å². The van der Waals surface area contributed by atoms with Gasteiger partial charge in [0.2, 0.25) is 5.91 Å². The molecular formula is C17H22BrNO2. The summed E-state index contributed by atoms with van der Waals surface area (Å²) < 4.78 is 6.55. The van der Waals surface area contributed by atoms with Gasteiger partial charge in [0.25, 0.3) is 0 Å². The van der Waals surface area contributed by atoms with Gasteiger partial charge in [0, 0.05) is 23.7 Å². The molecule has 1 N–H and O–H groups in total. The van der Waals surface area contributed by atoms with E-state index in [1.807, 2.05) is 12.1 Å². The molecule has 1 aliphatic carbocycles. The molecule has 1 aromatic carbocycles. The molecule has 1 saturated heterocycles. The highest BCUT2D eigenvalue weighted by atomic mass is 79.9. The molecule has 4 heteroatoms. The Morgan fingerprint density at radius 3 is 2.38 bits per heavy atom. The molecule has 1 heterocycles. The zero-order chi connectivity index (χ0) is 14.7. The van der Waals surface area contributed by atoms with Crippen molar-refractivity contribution in [3.63, 3.8) is 0 Å². The lowest BCUT2D eigenvalue weighted by Crippen LogP contribution is -2.50. The lowest BCUT2D eigenvalue weighted by atomic mass is 9.73. The number of rotatable bonds is 3. The molecule has 2 fully saturated rings. The highest BCUT2D eigenvalue weighted by Crippen LogP contribution is 2.36.